The average molecular weight is 260 g/mol. The zero-order valence-corrected chi connectivity index (χ0v) is 10.8. The Bertz CT molecular complexity index is 547. The summed E-state index contributed by atoms with van der Waals surface area (Å²) in [6.45, 7) is 3.62. The van der Waals surface area contributed by atoms with Crippen LogP contribution < -0.4 is 5.32 Å². The molecule has 2 rings (SSSR count). The highest BCUT2D eigenvalue weighted by Gasteiger charge is 2.21. The van der Waals surface area contributed by atoms with Gasteiger partial charge in [-0.25, -0.2) is 0 Å². The van der Waals surface area contributed by atoms with Gasteiger partial charge < -0.3 is 15.4 Å². The molecule has 2 heterocycles. The molecule has 100 valence electrons. The van der Waals surface area contributed by atoms with E-state index in [1.807, 2.05) is 38.4 Å². The summed E-state index contributed by atoms with van der Waals surface area (Å²) in [5.41, 5.74) is 1.16. The van der Waals surface area contributed by atoms with Gasteiger partial charge in [-0.2, -0.15) is 0 Å². The smallest absolute Gasteiger partial charge is 0.305 e. The first-order valence-electron chi connectivity index (χ1n) is 5.93. The number of carboxylic acids is 1. The van der Waals surface area contributed by atoms with E-state index in [9.17, 15) is 4.79 Å². The first-order chi connectivity index (χ1) is 8.96. The van der Waals surface area contributed by atoms with Crippen LogP contribution in [0.2, 0.25) is 0 Å². The molecule has 6 heteroatoms. The summed E-state index contributed by atoms with van der Waals surface area (Å²) >= 11 is 0. The lowest BCUT2D eigenvalue weighted by molar-refractivity contribution is -0.137. The Hall–Kier alpha value is -2.37. The maximum Gasteiger partial charge on any atom is 0.305 e. The third kappa shape index (κ3) is 3.54. The molecule has 3 N–H and O–H groups in total. The summed E-state index contributed by atoms with van der Waals surface area (Å²) < 4.78 is 0. The molecule has 0 bridgehead atoms. The number of aromatic amines is 1. The number of aromatic nitrogens is 3. The summed E-state index contributed by atoms with van der Waals surface area (Å²) in [5, 5.41) is 20.0. The monoisotopic (exact) mass is 260 g/mol. The number of hydrogen-bond acceptors (Lipinski definition) is 4. The summed E-state index contributed by atoms with van der Waals surface area (Å²) in [6.07, 6.45) is 3.67. The Kier molecular flexibility index (Phi) is 3.50. The van der Waals surface area contributed by atoms with Crippen molar-refractivity contribution in [1.82, 2.24) is 15.2 Å². The number of anilines is 1. The third-order valence-corrected chi connectivity index (χ3v) is 2.62. The van der Waals surface area contributed by atoms with Crippen molar-refractivity contribution >= 4 is 11.8 Å². The van der Waals surface area contributed by atoms with Crippen LogP contribution in [0.1, 0.15) is 20.3 Å². The highest BCUT2D eigenvalue weighted by molar-refractivity contribution is 5.69. The highest BCUT2D eigenvalue weighted by Crippen LogP contribution is 2.19. The normalized spacial score (nSPS) is 11.3. The number of hydrogen-bond donors (Lipinski definition) is 3. The Morgan fingerprint density at radius 3 is 2.68 bits per heavy atom. The quantitative estimate of drug-likeness (QED) is 0.766. The predicted octanol–water partition coefficient (Wildman–Crippen LogP) is 2.14. The fourth-order valence-electron chi connectivity index (χ4n) is 1.81. The van der Waals surface area contributed by atoms with E-state index in [0.717, 1.165) is 11.3 Å². The third-order valence-electron chi connectivity index (χ3n) is 2.62. The standard InChI is InChI=1S/C13H16N4O2/c1-13(2,7-12(18)19)15-11-4-3-10(16-17-11)9-5-6-14-8-9/h3-6,8,14H,7H2,1-2H3,(H,15,17)(H,18,19). The van der Waals surface area contributed by atoms with Gasteiger partial charge in [-0.15, -0.1) is 10.2 Å². The molecule has 0 aromatic carbocycles. The van der Waals surface area contributed by atoms with E-state index in [1.54, 1.807) is 6.07 Å². The fourth-order valence-corrected chi connectivity index (χ4v) is 1.81. The minimum atomic E-state index is -0.852. The van der Waals surface area contributed by atoms with Crippen molar-refractivity contribution in [2.24, 2.45) is 0 Å². The second kappa shape index (κ2) is 5.09. The molecule has 6 nitrogen and oxygen atoms in total. The number of nitrogens with one attached hydrogen (secondary N) is 2. The van der Waals surface area contributed by atoms with Crippen LogP contribution in [0.15, 0.2) is 30.6 Å². The van der Waals surface area contributed by atoms with Crippen molar-refractivity contribution in [2.75, 3.05) is 5.32 Å². The molecule has 0 fully saturated rings. The van der Waals surface area contributed by atoms with Crippen LogP contribution in [-0.2, 0) is 4.79 Å². The van der Waals surface area contributed by atoms with Crippen LogP contribution in [0.3, 0.4) is 0 Å². The summed E-state index contributed by atoms with van der Waals surface area (Å²) in [4.78, 5) is 13.7. The molecule has 0 saturated heterocycles. The summed E-state index contributed by atoms with van der Waals surface area (Å²) in [6, 6.07) is 5.54. The van der Waals surface area contributed by atoms with Gasteiger partial charge in [0.1, 0.15) is 5.82 Å². The van der Waals surface area contributed by atoms with Gasteiger partial charge in [0.25, 0.3) is 0 Å². The fraction of sp³-hybridized carbons (Fsp3) is 0.308. The van der Waals surface area contributed by atoms with Crippen molar-refractivity contribution in [2.45, 2.75) is 25.8 Å². The molecule has 19 heavy (non-hydrogen) atoms. The van der Waals surface area contributed by atoms with Crippen molar-refractivity contribution in [3.05, 3.63) is 30.6 Å². The molecule has 0 atom stereocenters. The lowest BCUT2D eigenvalue weighted by Gasteiger charge is -2.24. The molecule has 0 aliphatic carbocycles. The molecule has 2 aromatic rings. The largest absolute Gasteiger partial charge is 0.481 e. The SMILES string of the molecule is CC(C)(CC(=O)O)Nc1ccc(-c2cc[nH]c2)nn1. The zero-order valence-electron chi connectivity index (χ0n) is 10.8. The van der Waals surface area contributed by atoms with E-state index >= 15 is 0 Å². The van der Waals surface area contributed by atoms with Gasteiger partial charge in [0.2, 0.25) is 0 Å². The molecule has 0 saturated carbocycles. The van der Waals surface area contributed by atoms with Crippen molar-refractivity contribution in [3.8, 4) is 11.3 Å². The molecular weight excluding hydrogens is 244 g/mol. The zero-order chi connectivity index (χ0) is 13.9. The van der Waals surface area contributed by atoms with E-state index in [2.05, 4.69) is 20.5 Å². The van der Waals surface area contributed by atoms with Crippen molar-refractivity contribution < 1.29 is 9.90 Å². The van der Waals surface area contributed by atoms with Gasteiger partial charge in [-0.05, 0) is 32.0 Å². The van der Waals surface area contributed by atoms with E-state index in [4.69, 9.17) is 5.11 Å². The molecule has 0 aliphatic heterocycles. The van der Waals surface area contributed by atoms with Gasteiger partial charge in [-0.3, -0.25) is 4.79 Å². The lowest BCUT2D eigenvalue weighted by atomic mass is 10.0. The molecule has 0 aliphatic rings. The van der Waals surface area contributed by atoms with Crippen LogP contribution >= 0.6 is 0 Å². The van der Waals surface area contributed by atoms with Gasteiger partial charge in [0.15, 0.2) is 0 Å². The number of aliphatic carboxylic acids is 1. The second-order valence-electron chi connectivity index (χ2n) is 4.98. The molecule has 0 radical (unpaired) electrons. The van der Waals surface area contributed by atoms with E-state index in [0.29, 0.717) is 5.82 Å². The molecule has 0 spiro atoms. The molecular formula is C13H16N4O2. The molecule has 2 aromatic heterocycles. The van der Waals surface area contributed by atoms with E-state index in [1.165, 1.54) is 0 Å². The molecule has 0 unspecified atom stereocenters. The van der Waals surface area contributed by atoms with Crippen LogP contribution in [0, 0.1) is 0 Å². The first-order valence-corrected chi connectivity index (χ1v) is 5.93. The number of carbonyl (C=O) groups is 1. The van der Waals surface area contributed by atoms with Crippen LogP contribution in [-0.4, -0.2) is 31.8 Å². The average Bonchev–Trinajstić information content (AvgIpc) is 2.81. The van der Waals surface area contributed by atoms with Gasteiger partial charge in [0, 0.05) is 23.5 Å². The Morgan fingerprint density at radius 2 is 2.16 bits per heavy atom. The van der Waals surface area contributed by atoms with Crippen LogP contribution in [0.5, 0.6) is 0 Å². The van der Waals surface area contributed by atoms with Gasteiger partial charge in [0.05, 0.1) is 12.1 Å². The minimum Gasteiger partial charge on any atom is -0.481 e. The number of rotatable bonds is 5. The maximum absolute atomic E-state index is 10.7. The number of H-pyrrole nitrogens is 1. The Morgan fingerprint density at radius 1 is 1.37 bits per heavy atom. The predicted molar refractivity (Wildman–Crippen MR) is 71.8 cm³/mol. The van der Waals surface area contributed by atoms with Gasteiger partial charge in [-0.1, -0.05) is 0 Å². The number of carboxylic acid groups (broad SMARTS) is 1. The Balaban J connectivity index is 2.09. The Labute approximate surface area is 110 Å². The van der Waals surface area contributed by atoms with Crippen molar-refractivity contribution in [1.29, 1.82) is 0 Å². The number of nitrogens with zero attached hydrogens (tertiary/aromatic N) is 2. The van der Waals surface area contributed by atoms with E-state index in [-0.39, 0.29) is 6.42 Å². The summed E-state index contributed by atoms with van der Waals surface area (Å²) in [7, 11) is 0. The molecule has 0 amide bonds. The lowest BCUT2D eigenvalue weighted by Crippen LogP contribution is -2.34. The summed E-state index contributed by atoms with van der Waals surface area (Å²) in [5.74, 6) is -0.292. The minimum absolute atomic E-state index is 0.00818. The van der Waals surface area contributed by atoms with Crippen molar-refractivity contribution in [3.63, 3.8) is 0 Å². The van der Waals surface area contributed by atoms with Gasteiger partial charge >= 0.3 is 5.97 Å². The maximum atomic E-state index is 10.7. The first kappa shape index (κ1) is 13.1. The van der Waals surface area contributed by atoms with Crippen LogP contribution in [0.4, 0.5) is 5.82 Å². The van der Waals surface area contributed by atoms with Crippen LogP contribution in [0.25, 0.3) is 11.3 Å². The second-order valence-corrected chi connectivity index (χ2v) is 4.98. The highest BCUT2D eigenvalue weighted by atomic mass is 16.4. The van der Waals surface area contributed by atoms with E-state index < -0.39 is 11.5 Å². The topological polar surface area (TPSA) is 90.9 Å².